The summed E-state index contributed by atoms with van der Waals surface area (Å²) in [5, 5.41) is 2.90. The number of alkyl halides is 5. The number of anilines is 1. The first-order valence-electron chi connectivity index (χ1n) is 8.60. The van der Waals surface area contributed by atoms with E-state index < -0.39 is 35.7 Å². The van der Waals surface area contributed by atoms with Crippen LogP contribution in [0.15, 0.2) is 53.5 Å². The highest BCUT2D eigenvalue weighted by atomic mass is 19.4. The lowest BCUT2D eigenvalue weighted by molar-refractivity contribution is -0.250. The molecule has 1 N–H and O–H groups in total. The van der Waals surface area contributed by atoms with Gasteiger partial charge in [-0.2, -0.15) is 22.0 Å². The van der Waals surface area contributed by atoms with E-state index in [0.29, 0.717) is 5.56 Å². The van der Waals surface area contributed by atoms with Crippen LogP contribution >= 0.6 is 0 Å². The molecule has 154 valence electrons. The van der Waals surface area contributed by atoms with Gasteiger partial charge in [0, 0.05) is 0 Å². The fraction of sp³-hybridized carbons (Fsp3) is 0.300. The van der Waals surface area contributed by atoms with Gasteiger partial charge in [-0.1, -0.05) is 42.0 Å². The van der Waals surface area contributed by atoms with Crippen molar-refractivity contribution < 1.29 is 31.5 Å². The predicted molar refractivity (Wildman–Crippen MR) is 97.6 cm³/mol. The van der Waals surface area contributed by atoms with E-state index in [4.69, 9.17) is 0 Å². The summed E-state index contributed by atoms with van der Waals surface area (Å²) < 4.78 is 73.3. The maximum absolute atomic E-state index is 14.5. The predicted octanol–water partition coefficient (Wildman–Crippen LogP) is 5.22. The monoisotopic (exact) mass is 412 g/mol. The van der Waals surface area contributed by atoms with Crippen LogP contribution in [-0.4, -0.2) is 30.9 Å². The summed E-state index contributed by atoms with van der Waals surface area (Å²) in [6.45, 7) is 1.79. The van der Waals surface area contributed by atoms with Crippen molar-refractivity contribution in [3.8, 4) is 0 Å². The molecule has 0 fully saturated rings. The second kappa shape index (κ2) is 7.46. The number of esters is 1. The number of halogens is 5. The van der Waals surface area contributed by atoms with E-state index in [-0.39, 0.29) is 11.4 Å². The molecule has 0 bridgehead atoms. The highest BCUT2D eigenvalue weighted by molar-refractivity contribution is 6.09. The van der Waals surface area contributed by atoms with Gasteiger partial charge >= 0.3 is 18.1 Å². The van der Waals surface area contributed by atoms with Crippen LogP contribution in [-0.2, 0) is 9.53 Å². The number of rotatable bonds is 3. The smallest absolute Gasteiger partial charge is 0.459 e. The van der Waals surface area contributed by atoms with Gasteiger partial charge in [0.05, 0.1) is 24.5 Å². The zero-order chi connectivity index (χ0) is 21.4. The highest BCUT2D eigenvalue weighted by Crippen LogP contribution is 2.46. The number of para-hydroxylation sites is 2. The van der Waals surface area contributed by atoms with Crippen molar-refractivity contribution in [2.75, 3.05) is 12.4 Å². The molecule has 1 aliphatic heterocycles. The Balaban J connectivity index is 2.28. The third-order valence-corrected chi connectivity index (χ3v) is 4.65. The Kier molecular flexibility index (Phi) is 5.34. The zero-order valence-corrected chi connectivity index (χ0v) is 15.4. The molecule has 3 rings (SSSR count). The quantitative estimate of drug-likeness (QED) is 0.556. The summed E-state index contributed by atoms with van der Waals surface area (Å²) in [5.41, 5.74) is -0.324. The number of hydrogen-bond acceptors (Lipinski definition) is 4. The summed E-state index contributed by atoms with van der Waals surface area (Å²) in [5.74, 6) is -8.60. The van der Waals surface area contributed by atoms with Crippen LogP contribution in [0.1, 0.15) is 17.2 Å². The van der Waals surface area contributed by atoms with Crippen LogP contribution in [0.3, 0.4) is 0 Å². The van der Waals surface area contributed by atoms with E-state index in [1.54, 1.807) is 37.3 Å². The fourth-order valence-corrected chi connectivity index (χ4v) is 3.14. The first-order valence-corrected chi connectivity index (χ1v) is 8.60. The van der Waals surface area contributed by atoms with Crippen molar-refractivity contribution in [2.45, 2.75) is 25.1 Å². The first kappa shape index (κ1) is 20.8. The number of carbonyl (C=O) groups excluding carboxylic acids is 1. The lowest BCUT2D eigenvalue weighted by atomic mass is 9.85. The molecule has 2 unspecified atom stereocenters. The van der Waals surface area contributed by atoms with Gasteiger partial charge in [-0.05, 0) is 24.6 Å². The molecule has 0 aromatic heterocycles. The summed E-state index contributed by atoms with van der Waals surface area (Å²) in [6.07, 6.45) is -5.94. The number of methoxy groups -OCH3 is 1. The molecule has 2 aromatic carbocycles. The number of ether oxygens (including phenoxy) is 1. The minimum atomic E-state index is -5.94. The van der Waals surface area contributed by atoms with Gasteiger partial charge in [-0.25, -0.2) is 4.99 Å². The second-order valence-corrected chi connectivity index (χ2v) is 6.62. The number of hydrogen-bond donors (Lipinski definition) is 1. The number of carbonyl (C=O) groups is 1. The molecule has 0 radical (unpaired) electrons. The molecule has 1 aliphatic rings. The Morgan fingerprint density at radius 2 is 1.66 bits per heavy atom. The van der Waals surface area contributed by atoms with E-state index >= 15 is 0 Å². The van der Waals surface area contributed by atoms with Crippen LogP contribution < -0.4 is 5.32 Å². The molecular formula is C20H17F5N2O2. The maximum Gasteiger partial charge on any atom is 0.459 e. The van der Waals surface area contributed by atoms with E-state index in [9.17, 15) is 26.7 Å². The number of aryl methyl sites for hydroxylation is 1. The highest BCUT2D eigenvalue weighted by Gasteiger charge is 2.65. The zero-order valence-electron chi connectivity index (χ0n) is 15.4. The molecule has 1 heterocycles. The summed E-state index contributed by atoms with van der Waals surface area (Å²) >= 11 is 0. The number of nitrogens with one attached hydrogen (secondary N) is 1. The standard InChI is InChI=1S/C20H17F5N2O2/c1-11-7-9-12(10-8-11)16-15(18(28)29-2)17(19(21,22)20(23,24)25)27-14-6-4-3-5-13(14)26-16/h3-10,15-16,26H,1-2H3. The van der Waals surface area contributed by atoms with E-state index in [0.717, 1.165) is 12.7 Å². The van der Waals surface area contributed by atoms with E-state index in [1.165, 1.54) is 18.2 Å². The average molecular weight is 412 g/mol. The molecular weight excluding hydrogens is 395 g/mol. The maximum atomic E-state index is 14.5. The van der Waals surface area contributed by atoms with Gasteiger partial charge in [-0.3, -0.25) is 4.79 Å². The van der Waals surface area contributed by atoms with Crippen molar-refractivity contribution in [1.29, 1.82) is 0 Å². The van der Waals surface area contributed by atoms with Gasteiger partial charge < -0.3 is 10.1 Å². The minimum Gasteiger partial charge on any atom is -0.468 e. The SMILES string of the molecule is COC(=O)C1C(C(F)(F)C(F)(F)F)=Nc2ccccc2NC1c1ccc(C)cc1. The molecule has 0 spiro atoms. The van der Waals surface area contributed by atoms with Crippen LogP contribution in [0.25, 0.3) is 0 Å². The molecule has 29 heavy (non-hydrogen) atoms. The average Bonchev–Trinajstić information content (AvgIpc) is 2.84. The van der Waals surface area contributed by atoms with Crippen LogP contribution in [0.2, 0.25) is 0 Å². The molecule has 0 saturated carbocycles. The van der Waals surface area contributed by atoms with Crippen LogP contribution in [0, 0.1) is 12.8 Å². The van der Waals surface area contributed by atoms with Crippen LogP contribution in [0.5, 0.6) is 0 Å². The van der Waals surface area contributed by atoms with Crippen LogP contribution in [0.4, 0.5) is 33.3 Å². The number of benzene rings is 2. The summed E-state index contributed by atoms with van der Waals surface area (Å²) in [4.78, 5) is 16.1. The first-order chi connectivity index (χ1) is 13.6. The molecule has 9 heteroatoms. The fourth-order valence-electron chi connectivity index (χ4n) is 3.14. The normalized spacial score (nSPS) is 19.5. The van der Waals surface area contributed by atoms with Crippen molar-refractivity contribution >= 4 is 23.1 Å². The number of nitrogens with zero attached hydrogens (tertiary/aromatic N) is 1. The van der Waals surface area contributed by atoms with Crippen molar-refractivity contribution in [2.24, 2.45) is 10.9 Å². The third-order valence-electron chi connectivity index (χ3n) is 4.65. The Morgan fingerprint density at radius 1 is 1.03 bits per heavy atom. The van der Waals surface area contributed by atoms with Crippen molar-refractivity contribution in [3.63, 3.8) is 0 Å². The largest absolute Gasteiger partial charge is 0.468 e. The molecule has 0 amide bonds. The molecule has 4 nitrogen and oxygen atoms in total. The Labute approximate surface area is 163 Å². The Bertz CT molecular complexity index is 939. The molecule has 2 aromatic rings. The topological polar surface area (TPSA) is 50.7 Å². The van der Waals surface area contributed by atoms with Gasteiger partial charge in [0.25, 0.3) is 0 Å². The minimum absolute atomic E-state index is 0.130. The molecule has 0 saturated heterocycles. The lowest BCUT2D eigenvalue weighted by Gasteiger charge is -2.30. The lowest BCUT2D eigenvalue weighted by Crippen LogP contribution is -2.51. The summed E-state index contributed by atoms with van der Waals surface area (Å²) in [7, 11) is 0.927. The van der Waals surface area contributed by atoms with E-state index in [2.05, 4.69) is 15.0 Å². The second-order valence-electron chi connectivity index (χ2n) is 6.62. The van der Waals surface area contributed by atoms with Gasteiger partial charge in [0.2, 0.25) is 0 Å². The Morgan fingerprint density at radius 3 is 2.24 bits per heavy atom. The third kappa shape index (κ3) is 3.81. The summed E-state index contributed by atoms with van der Waals surface area (Å²) in [6, 6.07) is 11.0. The van der Waals surface area contributed by atoms with Gasteiger partial charge in [0.1, 0.15) is 11.6 Å². The number of aliphatic imine (C=N–C) groups is 1. The van der Waals surface area contributed by atoms with Gasteiger partial charge in [0.15, 0.2) is 0 Å². The number of fused-ring (bicyclic) bond motifs is 1. The molecule has 0 aliphatic carbocycles. The van der Waals surface area contributed by atoms with Crippen molar-refractivity contribution in [3.05, 3.63) is 59.7 Å². The molecule has 2 atom stereocenters. The van der Waals surface area contributed by atoms with E-state index in [1.807, 2.05) is 0 Å². The van der Waals surface area contributed by atoms with Gasteiger partial charge in [-0.15, -0.1) is 0 Å². The van der Waals surface area contributed by atoms with Crippen molar-refractivity contribution in [1.82, 2.24) is 0 Å². The Hall–Kier alpha value is -2.97.